The lowest BCUT2D eigenvalue weighted by molar-refractivity contribution is 0.568. The van der Waals surface area contributed by atoms with Gasteiger partial charge >= 0.3 is 0 Å². The summed E-state index contributed by atoms with van der Waals surface area (Å²) in [6.45, 7) is 1.93. The van der Waals surface area contributed by atoms with Gasteiger partial charge in [0, 0.05) is 24.3 Å². The summed E-state index contributed by atoms with van der Waals surface area (Å²) in [4.78, 5) is 15.8. The zero-order valence-electron chi connectivity index (χ0n) is 14.9. The first kappa shape index (κ1) is 17.4. The minimum absolute atomic E-state index is 0.426. The van der Waals surface area contributed by atoms with Crippen molar-refractivity contribution in [2.24, 2.45) is 5.10 Å². The molecule has 1 aliphatic heterocycles. The highest BCUT2D eigenvalue weighted by molar-refractivity contribution is 7.08. The Balaban J connectivity index is 1.57. The van der Waals surface area contributed by atoms with E-state index in [0.29, 0.717) is 17.8 Å². The van der Waals surface area contributed by atoms with E-state index in [-0.39, 0.29) is 0 Å². The van der Waals surface area contributed by atoms with Gasteiger partial charge in [-0.15, -0.1) is 0 Å². The summed E-state index contributed by atoms with van der Waals surface area (Å²) >= 11 is 1.63. The first-order valence-electron chi connectivity index (χ1n) is 9.01. The molecule has 0 atom stereocenters. The van der Waals surface area contributed by atoms with Crippen LogP contribution >= 0.6 is 11.3 Å². The first-order chi connectivity index (χ1) is 13.4. The third kappa shape index (κ3) is 4.79. The van der Waals surface area contributed by atoms with E-state index in [1.54, 1.807) is 17.6 Å². The largest absolute Gasteiger partial charge is 0.341 e. The molecule has 0 aliphatic carbocycles. The molecule has 138 valence electrons. The van der Waals surface area contributed by atoms with Gasteiger partial charge < -0.3 is 10.2 Å². The van der Waals surface area contributed by atoms with Crippen LogP contribution in [0.15, 0.2) is 52.3 Å². The summed E-state index contributed by atoms with van der Waals surface area (Å²) < 4.78 is 0. The van der Waals surface area contributed by atoms with Crippen LogP contribution in [-0.4, -0.2) is 34.3 Å². The van der Waals surface area contributed by atoms with Crippen LogP contribution in [0.25, 0.3) is 0 Å². The van der Waals surface area contributed by atoms with Gasteiger partial charge in [0.1, 0.15) is 0 Å². The highest BCUT2D eigenvalue weighted by atomic mass is 32.1. The van der Waals surface area contributed by atoms with E-state index in [1.165, 1.54) is 6.42 Å². The summed E-state index contributed by atoms with van der Waals surface area (Å²) in [5.74, 6) is 1.61. The second kappa shape index (κ2) is 8.59. The molecule has 1 aliphatic rings. The van der Waals surface area contributed by atoms with Crippen LogP contribution < -0.4 is 15.6 Å². The van der Waals surface area contributed by atoms with Crippen molar-refractivity contribution in [3.05, 3.63) is 52.7 Å². The van der Waals surface area contributed by atoms with Gasteiger partial charge in [-0.05, 0) is 48.2 Å². The van der Waals surface area contributed by atoms with Crippen LogP contribution in [0.1, 0.15) is 24.8 Å². The van der Waals surface area contributed by atoms with E-state index in [0.717, 1.165) is 37.2 Å². The quantitative estimate of drug-likeness (QED) is 0.496. The highest BCUT2D eigenvalue weighted by Crippen LogP contribution is 2.20. The fourth-order valence-electron chi connectivity index (χ4n) is 2.87. The van der Waals surface area contributed by atoms with Gasteiger partial charge in [0.25, 0.3) is 0 Å². The summed E-state index contributed by atoms with van der Waals surface area (Å²) in [6.07, 6.45) is 5.33. The van der Waals surface area contributed by atoms with Crippen LogP contribution in [0.2, 0.25) is 0 Å². The fourth-order valence-corrected chi connectivity index (χ4v) is 3.48. The highest BCUT2D eigenvalue weighted by Gasteiger charge is 2.16. The molecule has 3 aromatic rings. The second-order valence-corrected chi connectivity index (χ2v) is 7.03. The summed E-state index contributed by atoms with van der Waals surface area (Å²) in [7, 11) is 0. The lowest BCUT2D eigenvalue weighted by Crippen LogP contribution is -2.31. The van der Waals surface area contributed by atoms with Gasteiger partial charge in [0.2, 0.25) is 17.8 Å². The zero-order chi connectivity index (χ0) is 18.3. The molecule has 3 heterocycles. The maximum absolute atomic E-state index is 4.61. The Bertz CT molecular complexity index is 874. The van der Waals surface area contributed by atoms with Crippen molar-refractivity contribution < 1.29 is 0 Å². The number of aromatic nitrogens is 3. The standard InChI is InChI=1S/C19H21N7S/c1-3-7-16(8-4-1)21-17-22-18(25-20-13-15-9-12-27-14-15)24-19(23-17)26-10-5-2-6-11-26/h1,3-4,7-9,12-14H,2,5-6,10-11H2,(H2,21,22,23,24,25)/b20-13-. The van der Waals surface area contributed by atoms with Crippen molar-refractivity contribution in [1.82, 2.24) is 15.0 Å². The Morgan fingerprint density at radius 2 is 1.78 bits per heavy atom. The molecule has 4 rings (SSSR count). The molecule has 1 aromatic carbocycles. The van der Waals surface area contributed by atoms with Crippen LogP contribution in [0.5, 0.6) is 0 Å². The van der Waals surface area contributed by atoms with E-state index < -0.39 is 0 Å². The molecule has 0 saturated carbocycles. The van der Waals surface area contributed by atoms with Crippen LogP contribution in [-0.2, 0) is 0 Å². The number of nitrogens with one attached hydrogen (secondary N) is 2. The van der Waals surface area contributed by atoms with Crippen LogP contribution in [0, 0.1) is 0 Å². The molecule has 8 heteroatoms. The number of para-hydroxylation sites is 1. The van der Waals surface area contributed by atoms with E-state index >= 15 is 0 Å². The Labute approximate surface area is 162 Å². The Kier molecular flexibility index (Phi) is 5.54. The number of hydrogen-bond acceptors (Lipinski definition) is 8. The van der Waals surface area contributed by atoms with Gasteiger partial charge in [0.15, 0.2) is 0 Å². The number of nitrogens with zero attached hydrogens (tertiary/aromatic N) is 5. The molecule has 1 saturated heterocycles. The summed E-state index contributed by atoms with van der Waals surface area (Å²) in [5, 5.41) is 11.5. The maximum atomic E-state index is 4.61. The Morgan fingerprint density at radius 3 is 2.56 bits per heavy atom. The molecule has 0 bridgehead atoms. The molecular formula is C19H21N7S. The second-order valence-electron chi connectivity index (χ2n) is 6.25. The molecule has 0 radical (unpaired) electrons. The maximum Gasteiger partial charge on any atom is 0.250 e. The smallest absolute Gasteiger partial charge is 0.250 e. The van der Waals surface area contributed by atoms with Crippen molar-refractivity contribution >= 4 is 41.1 Å². The van der Waals surface area contributed by atoms with Crippen LogP contribution in [0.3, 0.4) is 0 Å². The molecule has 27 heavy (non-hydrogen) atoms. The number of hydrazone groups is 1. The predicted octanol–water partition coefficient (Wildman–Crippen LogP) is 4.11. The molecular weight excluding hydrogens is 358 g/mol. The molecule has 0 amide bonds. The zero-order valence-corrected chi connectivity index (χ0v) is 15.7. The van der Waals surface area contributed by atoms with Gasteiger partial charge in [-0.2, -0.15) is 31.4 Å². The monoisotopic (exact) mass is 379 g/mol. The molecule has 0 spiro atoms. The Morgan fingerprint density at radius 1 is 0.963 bits per heavy atom. The SMILES string of the molecule is C(=N/Nc1nc(Nc2ccccc2)nc(N2CCCCC2)n1)/c1ccsc1. The number of piperidine rings is 1. The average Bonchev–Trinajstić information content (AvgIpc) is 3.23. The number of thiophene rings is 1. The molecule has 1 fully saturated rings. The van der Waals surface area contributed by atoms with Gasteiger partial charge in [-0.1, -0.05) is 18.2 Å². The predicted molar refractivity (Wildman–Crippen MR) is 111 cm³/mol. The lowest BCUT2D eigenvalue weighted by Gasteiger charge is -2.26. The molecule has 7 nitrogen and oxygen atoms in total. The topological polar surface area (TPSA) is 78.3 Å². The molecule has 2 aromatic heterocycles. The van der Waals surface area contributed by atoms with Gasteiger partial charge in [-0.3, -0.25) is 0 Å². The van der Waals surface area contributed by atoms with E-state index in [4.69, 9.17) is 0 Å². The summed E-state index contributed by atoms with van der Waals surface area (Å²) in [6, 6.07) is 11.9. The molecule has 0 unspecified atom stereocenters. The van der Waals surface area contributed by atoms with Crippen molar-refractivity contribution in [3.63, 3.8) is 0 Å². The third-order valence-electron chi connectivity index (χ3n) is 4.21. The third-order valence-corrected chi connectivity index (χ3v) is 4.92. The minimum Gasteiger partial charge on any atom is -0.341 e. The van der Waals surface area contributed by atoms with Crippen LogP contribution in [0.4, 0.5) is 23.5 Å². The normalized spacial score (nSPS) is 14.4. The van der Waals surface area contributed by atoms with E-state index in [9.17, 15) is 0 Å². The number of benzene rings is 1. The van der Waals surface area contributed by atoms with Crippen molar-refractivity contribution in [3.8, 4) is 0 Å². The van der Waals surface area contributed by atoms with Crippen molar-refractivity contribution in [1.29, 1.82) is 0 Å². The fraction of sp³-hybridized carbons (Fsp3) is 0.263. The Hall–Kier alpha value is -3.00. The summed E-state index contributed by atoms with van der Waals surface area (Å²) in [5.41, 5.74) is 4.91. The van der Waals surface area contributed by atoms with Crippen molar-refractivity contribution in [2.75, 3.05) is 28.7 Å². The number of rotatable bonds is 6. The number of anilines is 4. The van der Waals surface area contributed by atoms with Gasteiger partial charge in [0.05, 0.1) is 6.21 Å². The minimum atomic E-state index is 0.426. The lowest BCUT2D eigenvalue weighted by atomic mass is 10.1. The van der Waals surface area contributed by atoms with E-state index in [1.807, 2.05) is 47.2 Å². The number of hydrogen-bond donors (Lipinski definition) is 2. The average molecular weight is 379 g/mol. The first-order valence-corrected chi connectivity index (χ1v) is 9.95. The van der Waals surface area contributed by atoms with Gasteiger partial charge in [-0.25, -0.2) is 5.43 Å². The van der Waals surface area contributed by atoms with E-state index in [2.05, 4.69) is 35.7 Å². The molecule has 2 N–H and O–H groups in total. The van der Waals surface area contributed by atoms with Crippen molar-refractivity contribution in [2.45, 2.75) is 19.3 Å².